The molecule has 1 saturated carbocycles. The van der Waals surface area contributed by atoms with Gasteiger partial charge in [-0.1, -0.05) is 0 Å². The van der Waals surface area contributed by atoms with Gasteiger partial charge in [0.15, 0.2) is 0 Å². The maximum Gasteiger partial charge on any atom is 0.293 e. The highest BCUT2D eigenvalue weighted by molar-refractivity contribution is 5.90. The van der Waals surface area contributed by atoms with Gasteiger partial charge in [-0.2, -0.15) is 0 Å². The van der Waals surface area contributed by atoms with Crippen molar-refractivity contribution >= 4 is 5.91 Å². The molecule has 1 amide bonds. The van der Waals surface area contributed by atoms with Crippen molar-refractivity contribution in [2.24, 2.45) is 0 Å². The zero-order valence-corrected chi connectivity index (χ0v) is 11.6. The maximum absolute atomic E-state index is 12.5. The molecule has 0 bridgehead atoms. The fraction of sp³-hybridized carbons (Fsp3) is 0.769. The normalized spacial score (nSPS) is 25.4. The molecule has 0 spiro atoms. The van der Waals surface area contributed by atoms with Crippen LogP contribution in [0.2, 0.25) is 0 Å². The van der Waals surface area contributed by atoms with Crippen LogP contribution in [0.15, 0.2) is 0 Å². The Morgan fingerprint density at radius 1 is 1.37 bits per heavy atom. The van der Waals surface area contributed by atoms with Crippen LogP contribution in [0.3, 0.4) is 0 Å². The van der Waals surface area contributed by atoms with E-state index in [1.807, 2.05) is 4.90 Å². The van der Waals surface area contributed by atoms with Crippen molar-refractivity contribution in [2.75, 3.05) is 26.7 Å². The third-order valence-electron chi connectivity index (χ3n) is 3.97. The minimum absolute atomic E-state index is 0.0362. The molecular formula is C13H21N5O. The van der Waals surface area contributed by atoms with Gasteiger partial charge >= 0.3 is 0 Å². The highest BCUT2D eigenvalue weighted by Crippen LogP contribution is 2.37. The van der Waals surface area contributed by atoms with Gasteiger partial charge in [0.05, 0.1) is 0 Å². The number of hydrogen-bond donors (Lipinski definition) is 1. The first-order valence-electron chi connectivity index (χ1n) is 7.07. The highest BCUT2D eigenvalue weighted by atomic mass is 16.2. The van der Waals surface area contributed by atoms with E-state index in [1.165, 1.54) is 0 Å². The molecule has 1 saturated heterocycles. The predicted molar refractivity (Wildman–Crippen MR) is 71.0 cm³/mol. The molecule has 1 aliphatic carbocycles. The van der Waals surface area contributed by atoms with E-state index >= 15 is 0 Å². The third kappa shape index (κ3) is 2.63. The zero-order valence-electron chi connectivity index (χ0n) is 11.6. The standard InChI is InChI=1S/C13H21N5O/c1-9-8-17(2)6-3-7-18(9)13(19)12-14-11(15-16-12)10-4-5-10/h9-10H,3-8H2,1-2H3,(H,14,15,16). The van der Waals surface area contributed by atoms with Crippen molar-refractivity contribution in [1.82, 2.24) is 25.0 Å². The van der Waals surface area contributed by atoms with E-state index in [0.29, 0.717) is 11.7 Å². The van der Waals surface area contributed by atoms with Gasteiger partial charge in [0, 0.05) is 25.0 Å². The van der Waals surface area contributed by atoms with Gasteiger partial charge in [0.25, 0.3) is 5.91 Å². The second-order valence-corrected chi connectivity index (χ2v) is 5.78. The van der Waals surface area contributed by atoms with Crippen LogP contribution in [0, 0.1) is 0 Å². The summed E-state index contributed by atoms with van der Waals surface area (Å²) in [5.74, 6) is 1.67. The molecule has 2 heterocycles. The minimum atomic E-state index is -0.0362. The summed E-state index contributed by atoms with van der Waals surface area (Å²) in [6, 6.07) is 0.211. The quantitative estimate of drug-likeness (QED) is 0.859. The Labute approximate surface area is 113 Å². The second kappa shape index (κ2) is 4.92. The van der Waals surface area contributed by atoms with Gasteiger partial charge in [0.2, 0.25) is 5.82 Å². The SMILES string of the molecule is CC1CN(C)CCCN1C(=O)c1n[nH]c(C2CC2)n1. The van der Waals surface area contributed by atoms with E-state index in [0.717, 1.165) is 44.7 Å². The molecule has 0 radical (unpaired) electrons. The summed E-state index contributed by atoms with van der Waals surface area (Å²) in [4.78, 5) is 21.0. The van der Waals surface area contributed by atoms with Gasteiger partial charge < -0.3 is 9.80 Å². The van der Waals surface area contributed by atoms with Crippen LogP contribution < -0.4 is 0 Å². The Hall–Kier alpha value is -1.43. The smallest absolute Gasteiger partial charge is 0.293 e. The van der Waals surface area contributed by atoms with Gasteiger partial charge in [-0.05, 0) is 39.8 Å². The van der Waals surface area contributed by atoms with Crippen LogP contribution in [0.4, 0.5) is 0 Å². The van der Waals surface area contributed by atoms with Gasteiger partial charge in [-0.25, -0.2) is 4.98 Å². The molecule has 104 valence electrons. The Balaban J connectivity index is 1.73. The topological polar surface area (TPSA) is 65.1 Å². The van der Waals surface area contributed by atoms with Crippen molar-refractivity contribution in [3.8, 4) is 0 Å². The predicted octanol–water partition coefficient (Wildman–Crippen LogP) is 0.848. The van der Waals surface area contributed by atoms with E-state index in [2.05, 4.69) is 34.1 Å². The fourth-order valence-corrected chi connectivity index (χ4v) is 2.71. The molecule has 2 aliphatic rings. The van der Waals surface area contributed by atoms with E-state index < -0.39 is 0 Å². The van der Waals surface area contributed by atoms with Crippen LogP contribution in [0.5, 0.6) is 0 Å². The van der Waals surface area contributed by atoms with Crippen LogP contribution in [-0.4, -0.2) is 63.6 Å². The maximum atomic E-state index is 12.5. The molecule has 2 fully saturated rings. The van der Waals surface area contributed by atoms with Crippen LogP contribution >= 0.6 is 0 Å². The van der Waals surface area contributed by atoms with Crippen LogP contribution in [0.1, 0.15) is 48.5 Å². The molecule has 1 aromatic heterocycles. The number of amides is 1. The molecular weight excluding hydrogens is 242 g/mol. The first-order chi connectivity index (χ1) is 9.15. The Morgan fingerprint density at radius 2 is 2.16 bits per heavy atom. The molecule has 1 aromatic rings. The average Bonchev–Trinajstić information content (AvgIpc) is 3.13. The van der Waals surface area contributed by atoms with Crippen molar-refractivity contribution in [1.29, 1.82) is 0 Å². The average molecular weight is 263 g/mol. The number of aromatic nitrogens is 3. The summed E-state index contributed by atoms with van der Waals surface area (Å²) in [6.07, 6.45) is 3.33. The lowest BCUT2D eigenvalue weighted by molar-refractivity contribution is 0.0684. The van der Waals surface area contributed by atoms with Crippen molar-refractivity contribution in [2.45, 2.75) is 38.1 Å². The number of carbonyl (C=O) groups excluding carboxylic acids is 1. The first-order valence-corrected chi connectivity index (χ1v) is 7.07. The molecule has 1 atom stereocenters. The van der Waals surface area contributed by atoms with E-state index in [4.69, 9.17) is 0 Å². The highest BCUT2D eigenvalue weighted by Gasteiger charge is 2.31. The van der Waals surface area contributed by atoms with E-state index in [1.54, 1.807) is 0 Å². The van der Waals surface area contributed by atoms with Gasteiger partial charge in [0.1, 0.15) is 5.82 Å². The van der Waals surface area contributed by atoms with Crippen LogP contribution in [0.25, 0.3) is 0 Å². The number of H-pyrrole nitrogens is 1. The Bertz CT molecular complexity index is 467. The summed E-state index contributed by atoms with van der Waals surface area (Å²) in [7, 11) is 2.10. The largest absolute Gasteiger partial charge is 0.332 e. The molecule has 1 N–H and O–H groups in total. The third-order valence-corrected chi connectivity index (χ3v) is 3.97. The lowest BCUT2D eigenvalue weighted by Gasteiger charge is -2.26. The lowest BCUT2D eigenvalue weighted by Crippen LogP contribution is -2.42. The summed E-state index contributed by atoms with van der Waals surface area (Å²) < 4.78 is 0. The lowest BCUT2D eigenvalue weighted by atomic mass is 10.2. The Kier molecular flexibility index (Phi) is 3.26. The van der Waals surface area contributed by atoms with E-state index in [9.17, 15) is 4.79 Å². The molecule has 3 rings (SSSR count). The summed E-state index contributed by atoms with van der Waals surface area (Å²) in [5.41, 5.74) is 0. The molecule has 6 heteroatoms. The number of aromatic amines is 1. The molecule has 6 nitrogen and oxygen atoms in total. The molecule has 1 unspecified atom stereocenters. The van der Waals surface area contributed by atoms with Crippen molar-refractivity contribution in [3.05, 3.63) is 11.6 Å². The molecule has 19 heavy (non-hydrogen) atoms. The summed E-state index contributed by atoms with van der Waals surface area (Å²) in [5, 5.41) is 7.00. The number of likely N-dealkylation sites (N-methyl/N-ethyl adjacent to an activating group) is 1. The second-order valence-electron chi connectivity index (χ2n) is 5.78. The first kappa shape index (κ1) is 12.6. The zero-order chi connectivity index (χ0) is 13.4. The molecule has 1 aliphatic heterocycles. The monoisotopic (exact) mass is 263 g/mol. The van der Waals surface area contributed by atoms with Crippen molar-refractivity contribution < 1.29 is 4.79 Å². The van der Waals surface area contributed by atoms with Crippen molar-refractivity contribution in [3.63, 3.8) is 0 Å². The minimum Gasteiger partial charge on any atom is -0.332 e. The van der Waals surface area contributed by atoms with E-state index in [-0.39, 0.29) is 11.9 Å². The van der Waals surface area contributed by atoms with Crippen LogP contribution in [-0.2, 0) is 0 Å². The summed E-state index contributed by atoms with van der Waals surface area (Å²) >= 11 is 0. The van der Waals surface area contributed by atoms with Gasteiger partial charge in [-0.15, -0.1) is 5.10 Å². The molecule has 0 aromatic carbocycles. The fourth-order valence-electron chi connectivity index (χ4n) is 2.71. The summed E-state index contributed by atoms with van der Waals surface area (Å²) in [6.45, 7) is 4.83. The number of rotatable bonds is 2. The van der Waals surface area contributed by atoms with Gasteiger partial charge in [-0.3, -0.25) is 9.89 Å². The number of nitrogens with zero attached hydrogens (tertiary/aromatic N) is 4. The Morgan fingerprint density at radius 3 is 2.89 bits per heavy atom. The number of hydrogen-bond acceptors (Lipinski definition) is 4. The number of carbonyl (C=O) groups is 1. The number of nitrogens with one attached hydrogen (secondary N) is 1.